The minimum Gasteiger partial charge on any atom is -0.425 e. The van der Waals surface area contributed by atoms with Gasteiger partial charge in [-0.15, -0.1) is 0 Å². The molecule has 17 heavy (non-hydrogen) atoms. The summed E-state index contributed by atoms with van der Waals surface area (Å²) in [6.45, 7) is 4.86. The highest BCUT2D eigenvalue weighted by atomic mass is 16.7. The predicted octanol–water partition coefficient (Wildman–Crippen LogP) is 1.98. The van der Waals surface area contributed by atoms with Gasteiger partial charge in [0.15, 0.2) is 0 Å². The molecule has 0 fully saturated rings. The average Bonchev–Trinajstić information content (AvgIpc) is 2.23. The Morgan fingerprint density at radius 2 is 1.53 bits per heavy atom. The second-order valence-electron chi connectivity index (χ2n) is 3.85. The Morgan fingerprint density at radius 1 is 1.00 bits per heavy atom. The topological polar surface area (TPSA) is 69.7 Å². The van der Waals surface area contributed by atoms with Crippen molar-refractivity contribution >= 4 is 17.7 Å². The molecule has 0 aromatic rings. The van der Waals surface area contributed by atoms with Crippen LogP contribution in [0.5, 0.6) is 0 Å². The molecule has 0 saturated heterocycles. The first-order valence-corrected chi connectivity index (χ1v) is 5.84. The third-order valence-electron chi connectivity index (χ3n) is 2.01. The van der Waals surface area contributed by atoms with E-state index in [-0.39, 0.29) is 24.6 Å². The second kappa shape index (κ2) is 8.73. The lowest BCUT2D eigenvalue weighted by atomic mass is 10.2. The quantitative estimate of drug-likeness (QED) is 0.482. The van der Waals surface area contributed by atoms with Gasteiger partial charge in [-0.05, 0) is 13.3 Å². The zero-order valence-electron chi connectivity index (χ0n) is 10.7. The summed E-state index contributed by atoms with van der Waals surface area (Å²) in [4.78, 5) is 33.0. The molecule has 0 bridgehead atoms. The molecular weight excluding hydrogens is 224 g/mol. The number of esters is 2. The van der Waals surface area contributed by atoms with Gasteiger partial charge in [0.1, 0.15) is 5.78 Å². The zero-order valence-corrected chi connectivity index (χ0v) is 10.7. The van der Waals surface area contributed by atoms with Crippen molar-refractivity contribution in [3.8, 4) is 0 Å². The molecule has 0 aliphatic carbocycles. The van der Waals surface area contributed by atoms with Crippen LogP contribution in [-0.2, 0) is 23.9 Å². The number of carbonyl (C=O) groups excluding carboxylic acids is 3. The van der Waals surface area contributed by atoms with Crippen LogP contribution < -0.4 is 0 Å². The maximum absolute atomic E-state index is 11.2. The largest absolute Gasteiger partial charge is 0.425 e. The number of ether oxygens (including phenoxy) is 2. The van der Waals surface area contributed by atoms with Crippen molar-refractivity contribution in [2.24, 2.45) is 0 Å². The third-order valence-corrected chi connectivity index (χ3v) is 2.01. The van der Waals surface area contributed by atoms with Gasteiger partial charge in [0.25, 0.3) is 0 Å². The van der Waals surface area contributed by atoms with Crippen molar-refractivity contribution in [3.05, 3.63) is 0 Å². The molecule has 0 saturated carbocycles. The number of carbonyl (C=O) groups is 3. The molecule has 5 heteroatoms. The molecule has 0 radical (unpaired) electrons. The van der Waals surface area contributed by atoms with Crippen molar-refractivity contribution in [2.45, 2.75) is 59.2 Å². The Bertz CT molecular complexity index is 272. The van der Waals surface area contributed by atoms with Crippen LogP contribution in [0.3, 0.4) is 0 Å². The Morgan fingerprint density at radius 3 is 2.00 bits per heavy atom. The number of rotatable bonds is 8. The Balaban J connectivity index is 3.76. The second-order valence-corrected chi connectivity index (χ2v) is 3.85. The van der Waals surface area contributed by atoms with E-state index in [4.69, 9.17) is 9.47 Å². The minimum atomic E-state index is -0.890. The lowest BCUT2D eigenvalue weighted by Gasteiger charge is -2.13. The van der Waals surface area contributed by atoms with Gasteiger partial charge in [-0.3, -0.25) is 9.59 Å². The Kier molecular flexibility index (Phi) is 8.01. The summed E-state index contributed by atoms with van der Waals surface area (Å²) in [5.41, 5.74) is 0. The molecule has 0 heterocycles. The summed E-state index contributed by atoms with van der Waals surface area (Å²) < 4.78 is 9.68. The van der Waals surface area contributed by atoms with Crippen LogP contribution in [0.1, 0.15) is 52.9 Å². The SMILES string of the molecule is CCCCC(=O)OC(C)OC(=O)CCC(C)=O. The van der Waals surface area contributed by atoms with Gasteiger partial charge >= 0.3 is 11.9 Å². The summed E-state index contributed by atoms with van der Waals surface area (Å²) in [6.07, 6.45) is 1.26. The van der Waals surface area contributed by atoms with Gasteiger partial charge in [-0.2, -0.15) is 0 Å². The lowest BCUT2D eigenvalue weighted by molar-refractivity contribution is -0.184. The van der Waals surface area contributed by atoms with E-state index >= 15 is 0 Å². The summed E-state index contributed by atoms with van der Waals surface area (Å²) in [6, 6.07) is 0. The highest BCUT2D eigenvalue weighted by Gasteiger charge is 2.13. The zero-order chi connectivity index (χ0) is 13.3. The molecule has 1 unspecified atom stereocenters. The molecule has 0 aromatic carbocycles. The minimum absolute atomic E-state index is 0.0200. The van der Waals surface area contributed by atoms with Gasteiger partial charge in [-0.25, -0.2) is 0 Å². The van der Waals surface area contributed by atoms with E-state index in [1.807, 2.05) is 6.92 Å². The van der Waals surface area contributed by atoms with Crippen molar-refractivity contribution in [1.29, 1.82) is 0 Å². The van der Waals surface area contributed by atoms with Gasteiger partial charge in [0, 0.05) is 19.8 Å². The summed E-state index contributed by atoms with van der Waals surface area (Å²) in [5.74, 6) is -0.982. The molecule has 0 spiro atoms. The van der Waals surface area contributed by atoms with E-state index in [1.54, 1.807) is 0 Å². The smallest absolute Gasteiger partial charge is 0.309 e. The first-order valence-electron chi connectivity index (χ1n) is 5.84. The van der Waals surface area contributed by atoms with Crippen LogP contribution in [-0.4, -0.2) is 24.0 Å². The van der Waals surface area contributed by atoms with E-state index in [9.17, 15) is 14.4 Å². The average molecular weight is 244 g/mol. The molecule has 0 amide bonds. The number of ketones is 1. The standard InChI is InChI=1S/C12H20O5/c1-4-5-6-11(14)16-10(3)17-12(15)8-7-9(2)13/h10H,4-8H2,1-3H3. The van der Waals surface area contributed by atoms with Crippen LogP contribution >= 0.6 is 0 Å². The number of hydrogen-bond acceptors (Lipinski definition) is 5. The first kappa shape index (κ1) is 15.6. The monoisotopic (exact) mass is 244 g/mol. The van der Waals surface area contributed by atoms with Gasteiger partial charge in [-0.1, -0.05) is 13.3 Å². The van der Waals surface area contributed by atoms with Crippen molar-refractivity contribution in [3.63, 3.8) is 0 Å². The molecule has 0 N–H and O–H groups in total. The number of Topliss-reactive ketones (excluding diaryl/α,β-unsaturated/α-hetero) is 1. The van der Waals surface area contributed by atoms with E-state index in [1.165, 1.54) is 13.8 Å². The Hall–Kier alpha value is -1.39. The lowest BCUT2D eigenvalue weighted by Crippen LogP contribution is -2.21. The molecule has 1 atom stereocenters. The molecule has 5 nitrogen and oxygen atoms in total. The fraction of sp³-hybridized carbons (Fsp3) is 0.750. The molecular formula is C12H20O5. The van der Waals surface area contributed by atoms with Gasteiger partial charge in [0.2, 0.25) is 6.29 Å². The number of hydrogen-bond donors (Lipinski definition) is 0. The van der Waals surface area contributed by atoms with Crippen LogP contribution in [0.15, 0.2) is 0 Å². The normalized spacial score (nSPS) is 11.7. The highest BCUT2D eigenvalue weighted by Crippen LogP contribution is 2.03. The first-order chi connectivity index (χ1) is 7.95. The third kappa shape index (κ3) is 9.53. The summed E-state index contributed by atoms with van der Waals surface area (Å²) in [7, 11) is 0. The van der Waals surface area contributed by atoms with Crippen LogP contribution in [0.4, 0.5) is 0 Å². The number of unbranched alkanes of at least 4 members (excludes halogenated alkanes) is 1. The van der Waals surface area contributed by atoms with Crippen molar-refractivity contribution in [1.82, 2.24) is 0 Å². The van der Waals surface area contributed by atoms with Crippen LogP contribution in [0.2, 0.25) is 0 Å². The predicted molar refractivity (Wildman–Crippen MR) is 61.1 cm³/mol. The van der Waals surface area contributed by atoms with Crippen molar-refractivity contribution < 1.29 is 23.9 Å². The van der Waals surface area contributed by atoms with E-state index in [2.05, 4.69) is 0 Å². The van der Waals surface area contributed by atoms with Gasteiger partial charge in [0.05, 0.1) is 6.42 Å². The van der Waals surface area contributed by atoms with E-state index < -0.39 is 12.3 Å². The van der Waals surface area contributed by atoms with E-state index in [0.717, 1.165) is 12.8 Å². The molecule has 98 valence electrons. The fourth-order valence-electron chi connectivity index (χ4n) is 1.11. The molecule has 0 aliphatic rings. The molecule has 0 aliphatic heterocycles. The maximum Gasteiger partial charge on any atom is 0.309 e. The molecule has 0 rings (SSSR count). The van der Waals surface area contributed by atoms with Crippen molar-refractivity contribution in [2.75, 3.05) is 0 Å². The fourth-order valence-corrected chi connectivity index (χ4v) is 1.11. The Labute approximate surface area is 101 Å². The van der Waals surface area contributed by atoms with Gasteiger partial charge < -0.3 is 14.3 Å². The van der Waals surface area contributed by atoms with Crippen LogP contribution in [0.25, 0.3) is 0 Å². The maximum atomic E-state index is 11.2. The highest BCUT2D eigenvalue weighted by molar-refractivity contribution is 5.81. The van der Waals surface area contributed by atoms with Crippen LogP contribution in [0, 0.1) is 0 Å². The summed E-state index contributed by atoms with van der Waals surface area (Å²) >= 11 is 0. The summed E-state index contributed by atoms with van der Waals surface area (Å²) in [5, 5.41) is 0. The van der Waals surface area contributed by atoms with E-state index in [0.29, 0.717) is 6.42 Å². The molecule has 0 aromatic heterocycles.